The fourth-order valence-electron chi connectivity index (χ4n) is 5.91. The van der Waals surface area contributed by atoms with Gasteiger partial charge in [0.2, 0.25) is 0 Å². The van der Waals surface area contributed by atoms with Gasteiger partial charge in [0.15, 0.2) is 0 Å². The van der Waals surface area contributed by atoms with Crippen LogP contribution in [0.4, 0.5) is 17.1 Å². The standard InChI is InChI=1S/C36H34N4O12.4K/c1-20-5-9-26(38(16-30(41)42)17-31(43)44)28(13-20)51-11-12-52-29-14-21(6-10-27(29)39(18-32(45)46)19-33(47)48)15-40-35(49)23-4-2-3-22-25(37)8-7-24(34(22)23)36(40)50;;;;/h2-10,13-14H,11-12,15-19,37H2,1H3,(H,41,42)(H,43,44)(H,45,46)(H,47,48);;;;/q;4*+1/p-4. The van der Waals surface area contributed by atoms with E-state index in [9.17, 15) is 49.2 Å². The van der Waals surface area contributed by atoms with Crippen molar-refractivity contribution in [2.75, 3.05) is 54.9 Å². The van der Waals surface area contributed by atoms with Crippen LogP contribution in [0.5, 0.6) is 11.5 Å². The first-order valence-corrected chi connectivity index (χ1v) is 15.7. The Balaban J connectivity index is 0.00000392. The molecule has 2 amide bonds. The van der Waals surface area contributed by atoms with E-state index in [1.54, 1.807) is 43.3 Å². The van der Waals surface area contributed by atoms with E-state index in [1.807, 2.05) is 0 Å². The molecule has 0 unspecified atom stereocenters. The van der Waals surface area contributed by atoms with Gasteiger partial charge in [-0.2, -0.15) is 0 Å². The molecular formula is C36H30K4N4O12. The molecule has 270 valence electrons. The third-order valence-electron chi connectivity index (χ3n) is 8.07. The number of hydrogen-bond donors (Lipinski definition) is 1. The summed E-state index contributed by atoms with van der Waals surface area (Å²) >= 11 is 0. The van der Waals surface area contributed by atoms with E-state index >= 15 is 0 Å². The topological polar surface area (TPSA) is 249 Å². The Labute approximate surface area is 491 Å². The minimum atomic E-state index is -1.60. The SMILES string of the molecule is Cc1ccc(N(CC(=O)[O-])CC(=O)[O-])c(OCCOc2cc(CN3C(=O)c4cccc5c(N)ccc(c45)C3=O)ccc2N(CC(=O)[O-])CC(=O)[O-])c1.[K+].[K+].[K+].[K+]. The quantitative estimate of drug-likeness (QED) is 0.0448. The van der Waals surface area contributed by atoms with Gasteiger partial charge < -0.3 is 64.6 Å². The molecule has 0 radical (unpaired) electrons. The predicted octanol–water partition coefficient (Wildman–Crippen LogP) is -14.4. The van der Waals surface area contributed by atoms with Gasteiger partial charge in [0.05, 0.1) is 68.0 Å². The van der Waals surface area contributed by atoms with Gasteiger partial charge in [-0.3, -0.25) is 14.5 Å². The predicted molar refractivity (Wildman–Crippen MR) is 176 cm³/mol. The number of nitrogen functional groups attached to an aromatic ring is 1. The molecule has 20 heteroatoms. The first-order valence-electron chi connectivity index (χ1n) is 15.7. The molecule has 0 aliphatic carbocycles. The Morgan fingerprint density at radius 3 is 1.61 bits per heavy atom. The van der Waals surface area contributed by atoms with Crippen molar-refractivity contribution in [3.63, 3.8) is 0 Å². The normalized spacial score (nSPS) is 11.2. The van der Waals surface area contributed by atoms with Crippen LogP contribution in [0.2, 0.25) is 0 Å². The molecule has 1 aliphatic heterocycles. The largest absolute Gasteiger partial charge is 1.00 e. The number of nitrogens with zero attached hydrogens (tertiary/aromatic N) is 3. The van der Waals surface area contributed by atoms with Crippen LogP contribution in [0.1, 0.15) is 31.8 Å². The minimum absolute atomic E-state index is 0. The molecule has 16 nitrogen and oxygen atoms in total. The maximum Gasteiger partial charge on any atom is 1.00 e. The molecule has 0 saturated heterocycles. The molecule has 0 spiro atoms. The maximum atomic E-state index is 13.6. The van der Waals surface area contributed by atoms with Crippen molar-refractivity contribution in [1.82, 2.24) is 4.90 Å². The van der Waals surface area contributed by atoms with Crippen LogP contribution in [0.3, 0.4) is 0 Å². The summed E-state index contributed by atoms with van der Waals surface area (Å²) in [6.07, 6.45) is 0. The van der Waals surface area contributed by atoms with E-state index in [4.69, 9.17) is 15.2 Å². The van der Waals surface area contributed by atoms with Crippen LogP contribution in [-0.2, 0) is 25.7 Å². The molecular weight excluding hydrogens is 837 g/mol. The van der Waals surface area contributed by atoms with E-state index in [0.29, 0.717) is 27.6 Å². The third-order valence-corrected chi connectivity index (χ3v) is 8.07. The van der Waals surface area contributed by atoms with Crippen molar-refractivity contribution in [2.24, 2.45) is 0 Å². The van der Waals surface area contributed by atoms with Gasteiger partial charge in [0.25, 0.3) is 11.8 Å². The summed E-state index contributed by atoms with van der Waals surface area (Å²) in [6, 6.07) is 16.9. The number of rotatable bonds is 17. The third kappa shape index (κ3) is 13.9. The number of hydrogen-bond acceptors (Lipinski definition) is 15. The van der Waals surface area contributed by atoms with Crippen LogP contribution in [-0.4, -0.2) is 80.0 Å². The Hall–Kier alpha value is -0.295. The monoisotopic (exact) mass is 866 g/mol. The zero-order valence-electron chi connectivity index (χ0n) is 31.6. The Kier molecular flexibility index (Phi) is 23.8. The van der Waals surface area contributed by atoms with E-state index in [1.165, 1.54) is 30.3 Å². The van der Waals surface area contributed by atoms with Gasteiger partial charge in [-0.15, -0.1) is 0 Å². The zero-order valence-corrected chi connectivity index (χ0v) is 44.1. The summed E-state index contributed by atoms with van der Waals surface area (Å²) in [5.74, 6) is -7.37. The van der Waals surface area contributed by atoms with Gasteiger partial charge in [0, 0.05) is 27.6 Å². The number of carbonyl (C=O) groups excluding carboxylic acids is 6. The number of imide groups is 1. The maximum absolute atomic E-state index is 13.6. The summed E-state index contributed by atoms with van der Waals surface area (Å²) in [4.78, 5) is 75.8. The molecule has 0 aromatic heterocycles. The first-order chi connectivity index (χ1) is 24.7. The first kappa shape index (κ1) is 53.7. The van der Waals surface area contributed by atoms with E-state index in [2.05, 4.69) is 0 Å². The van der Waals surface area contributed by atoms with Crippen molar-refractivity contribution in [3.05, 3.63) is 89.0 Å². The Morgan fingerprint density at radius 1 is 0.643 bits per heavy atom. The zero-order chi connectivity index (χ0) is 37.7. The van der Waals surface area contributed by atoms with Gasteiger partial charge >= 0.3 is 206 Å². The van der Waals surface area contributed by atoms with Crippen LogP contribution >= 0.6 is 0 Å². The summed E-state index contributed by atoms with van der Waals surface area (Å²) in [7, 11) is 0. The molecule has 5 rings (SSSR count). The van der Waals surface area contributed by atoms with Crippen molar-refractivity contribution in [2.45, 2.75) is 13.5 Å². The van der Waals surface area contributed by atoms with Crippen LogP contribution < -0.4 is 251 Å². The second kappa shape index (κ2) is 24.8. The van der Waals surface area contributed by atoms with Gasteiger partial charge in [-0.1, -0.05) is 24.3 Å². The van der Waals surface area contributed by atoms with Crippen LogP contribution in [0.15, 0.2) is 66.7 Å². The average molecular weight is 867 g/mol. The van der Waals surface area contributed by atoms with Crippen molar-refractivity contribution in [3.8, 4) is 11.5 Å². The molecule has 56 heavy (non-hydrogen) atoms. The molecule has 2 N–H and O–H groups in total. The number of carboxylic acids is 4. The smallest absolute Gasteiger partial charge is 0.548 e. The van der Waals surface area contributed by atoms with E-state index < -0.39 is 61.9 Å². The number of nitrogens with two attached hydrogens (primary N) is 1. The van der Waals surface area contributed by atoms with E-state index in [0.717, 1.165) is 14.7 Å². The van der Waals surface area contributed by atoms with Crippen molar-refractivity contribution < 1.29 is 264 Å². The fraction of sp³-hybridized carbons (Fsp3) is 0.222. The molecule has 4 aromatic carbocycles. The molecule has 1 aliphatic rings. The van der Waals surface area contributed by atoms with Gasteiger partial charge in [-0.05, 0) is 60.5 Å². The average Bonchev–Trinajstić information content (AvgIpc) is 3.07. The number of amides is 2. The van der Waals surface area contributed by atoms with Crippen LogP contribution in [0, 0.1) is 6.92 Å². The molecule has 0 atom stereocenters. The Morgan fingerprint density at radius 2 is 1.11 bits per heavy atom. The number of ether oxygens (including phenoxy) is 2. The molecule has 0 bridgehead atoms. The Bertz CT molecular complexity index is 2070. The van der Waals surface area contributed by atoms with Crippen molar-refractivity contribution >= 4 is 63.5 Å². The van der Waals surface area contributed by atoms with E-state index in [-0.39, 0.29) is 259 Å². The summed E-state index contributed by atoms with van der Waals surface area (Å²) in [6.45, 7) is -2.26. The van der Waals surface area contributed by atoms with Gasteiger partial charge in [0.1, 0.15) is 24.7 Å². The number of carbonyl (C=O) groups is 6. The molecule has 0 saturated carbocycles. The van der Waals surface area contributed by atoms with Crippen LogP contribution in [0.25, 0.3) is 10.8 Å². The number of benzene rings is 4. The minimum Gasteiger partial charge on any atom is -0.548 e. The second-order valence-electron chi connectivity index (χ2n) is 11.8. The number of carboxylic acid groups (broad SMARTS) is 4. The van der Waals surface area contributed by atoms with Gasteiger partial charge in [-0.25, -0.2) is 0 Å². The summed E-state index contributed by atoms with van der Waals surface area (Å²) < 4.78 is 11.8. The number of aliphatic carboxylic acids is 4. The summed E-state index contributed by atoms with van der Waals surface area (Å²) in [5.41, 5.74) is 8.21. The second-order valence-corrected chi connectivity index (χ2v) is 11.8. The summed E-state index contributed by atoms with van der Waals surface area (Å²) in [5, 5.41) is 46.7. The molecule has 0 fully saturated rings. The molecule has 1 heterocycles. The number of aryl methyl sites for hydroxylation is 1. The fourth-order valence-corrected chi connectivity index (χ4v) is 5.91. The van der Waals surface area contributed by atoms with Crippen molar-refractivity contribution in [1.29, 1.82) is 0 Å². The number of anilines is 3. The molecule has 4 aromatic rings.